The molecule has 0 saturated carbocycles. The van der Waals surface area contributed by atoms with Gasteiger partial charge in [-0.2, -0.15) is 0 Å². The second-order valence-corrected chi connectivity index (χ2v) is 13.2. The van der Waals surface area contributed by atoms with Crippen LogP contribution in [0.4, 0.5) is 17.1 Å². The first-order chi connectivity index (χ1) is 26.2. The number of rotatable bonds is 7. The summed E-state index contributed by atoms with van der Waals surface area (Å²) in [4.78, 5) is 6.97. The van der Waals surface area contributed by atoms with Gasteiger partial charge < -0.3 is 13.7 Å². The molecule has 0 bridgehead atoms. The van der Waals surface area contributed by atoms with Crippen molar-refractivity contribution in [3.8, 4) is 44.8 Å². The maximum absolute atomic E-state index is 6.40. The topological polar surface area (TPSA) is 42.4 Å². The fraction of sp³-hybridized carbons (Fsp3) is 0. The van der Waals surface area contributed by atoms with Crippen molar-refractivity contribution >= 4 is 50.1 Å². The summed E-state index contributed by atoms with van der Waals surface area (Å²) in [5.74, 6) is 0.623. The Morgan fingerprint density at radius 2 is 0.906 bits per heavy atom. The molecule has 0 aliphatic carbocycles. The molecule has 4 nitrogen and oxygen atoms in total. The van der Waals surface area contributed by atoms with E-state index in [0.29, 0.717) is 5.89 Å². The molecule has 8 aromatic carbocycles. The first-order valence-electron chi connectivity index (χ1n) is 17.8. The van der Waals surface area contributed by atoms with Crippen LogP contribution in [0.2, 0.25) is 0 Å². The molecule has 2 aromatic heterocycles. The number of aromatic nitrogens is 1. The zero-order chi connectivity index (χ0) is 35.1. The van der Waals surface area contributed by atoms with E-state index < -0.39 is 0 Å². The zero-order valence-electron chi connectivity index (χ0n) is 28.7. The van der Waals surface area contributed by atoms with E-state index in [9.17, 15) is 0 Å². The summed E-state index contributed by atoms with van der Waals surface area (Å²) >= 11 is 0. The molecule has 10 rings (SSSR count). The van der Waals surface area contributed by atoms with Crippen molar-refractivity contribution < 1.29 is 8.83 Å². The Labute approximate surface area is 306 Å². The van der Waals surface area contributed by atoms with Crippen LogP contribution in [-0.4, -0.2) is 4.98 Å². The summed E-state index contributed by atoms with van der Waals surface area (Å²) in [6.07, 6.45) is 0. The summed E-state index contributed by atoms with van der Waals surface area (Å²) in [6.45, 7) is 0. The van der Waals surface area contributed by atoms with Gasteiger partial charge in [-0.25, -0.2) is 4.98 Å². The minimum absolute atomic E-state index is 0.623. The van der Waals surface area contributed by atoms with Crippen LogP contribution >= 0.6 is 0 Å². The second kappa shape index (κ2) is 12.9. The van der Waals surface area contributed by atoms with E-state index in [2.05, 4.69) is 174 Å². The van der Waals surface area contributed by atoms with E-state index in [1.54, 1.807) is 0 Å². The molecular formula is C49H32N2O2. The molecule has 2 heterocycles. The monoisotopic (exact) mass is 680 g/mol. The smallest absolute Gasteiger partial charge is 0.227 e. The molecule has 0 aliphatic heterocycles. The Kier molecular flexibility index (Phi) is 7.43. The third kappa shape index (κ3) is 5.63. The molecule has 4 heteroatoms. The van der Waals surface area contributed by atoms with Gasteiger partial charge in [0.1, 0.15) is 16.7 Å². The van der Waals surface area contributed by atoms with Crippen LogP contribution < -0.4 is 4.90 Å². The number of benzene rings is 8. The molecule has 0 spiro atoms. The molecular weight excluding hydrogens is 649 g/mol. The number of anilines is 3. The van der Waals surface area contributed by atoms with Gasteiger partial charge in [-0.15, -0.1) is 0 Å². The standard InChI is InChI=1S/C49H32N2O2/c1-3-10-33(11-4-1)34-22-27-40(28-23-34)51(39-12-5-2-6-13-39)41-29-24-36(25-30-41)42-14-9-17-47-48(42)43-32-38(26-31-45(43)52-47)35-18-20-37(21-19-35)49-50-44-15-7-8-16-46(44)53-49/h1-32H. The summed E-state index contributed by atoms with van der Waals surface area (Å²) in [5, 5.41) is 2.20. The van der Waals surface area contributed by atoms with Crippen LogP contribution in [0, 0.1) is 0 Å². The highest BCUT2D eigenvalue weighted by Crippen LogP contribution is 2.41. The van der Waals surface area contributed by atoms with Gasteiger partial charge in [-0.3, -0.25) is 0 Å². The van der Waals surface area contributed by atoms with Crippen LogP contribution in [0.15, 0.2) is 203 Å². The van der Waals surface area contributed by atoms with Crippen molar-refractivity contribution in [1.29, 1.82) is 0 Å². The van der Waals surface area contributed by atoms with Crippen molar-refractivity contribution in [3.05, 3.63) is 194 Å². The molecule has 0 saturated heterocycles. The Hall–Kier alpha value is -7.17. The molecule has 0 atom stereocenters. The number of nitrogens with zero attached hydrogens (tertiary/aromatic N) is 2. The van der Waals surface area contributed by atoms with E-state index in [1.165, 1.54) is 11.1 Å². The lowest BCUT2D eigenvalue weighted by atomic mass is 9.97. The van der Waals surface area contributed by atoms with Gasteiger partial charge in [-0.1, -0.05) is 115 Å². The normalized spacial score (nSPS) is 11.4. The minimum atomic E-state index is 0.623. The predicted octanol–water partition coefficient (Wildman–Crippen LogP) is 13.9. The lowest BCUT2D eigenvalue weighted by molar-refractivity contribution is 0.620. The van der Waals surface area contributed by atoms with Crippen molar-refractivity contribution in [2.24, 2.45) is 0 Å². The molecule has 250 valence electrons. The number of furan rings is 1. The van der Waals surface area contributed by atoms with Gasteiger partial charge in [0.2, 0.25) is 5.89 Å². The highest BCUT2D eigenvalue weighted by atomic mass is 16.3. The Balaban J connectivity index is 0.996. The lowest BCUT2D eigenvalue weighted by Gasteiger charge is -2.26. The minimum Gasteiger partial charge on any atom is -0.456 e. The average Bonchev–Trinajstić information content (AvgIpc) is 3.84. The predicted molar refractivity (Wildman–Crippen MR) is 218 cm³/mol. The van der Waals surface area contributed by atoms with E-state index >= 15 is 0 Å². The summed E-state index contributed by atoms with van der Waals surface area (Å²) in [5.41, 5.74) is 14.5. The van der Waals surface area contributed by atoms with Gasteiger partial charge in [0.25, 0.3) is 0 Å². The highest BCUT2D eigenvalue weighted by Gasteiger charge is 2.17. The van der Waals surface area contributed by atoms with Crippen LogP contribution in [0.5, 0.6) is 0 Å². The van der Waals surface area contributed by atoms with Crippen molar-refractivity contribution in [3.63, 3.8) is 0 Å². The summed E-state index contributed by atoms with van der Waals surface area (Å²) < 4.78 is 12.4. The quantitative estimate of drug-likeness (QED) is 0.168. The Bertz CT molecular complexity index is 2820. The summed E-state index contributed by atoms with van der Waals surface area (Å²) in [6, 6.07) is 67.6. The largest absolute Gasteiger partial charge is 0.456 e. The molecule has 0 amide bonds. The number of hydrogen-bond donors (Lipinski definition) is 0. The molecule has 0 radical (unpaired) electrons. The second-order valence-electron chi connectivity index (χ2n) is 13.2. The van der Waals surface area contributed by atoms with E-state index in [-0.39, 0.29) is 0 Å². The fourth-order valence-electron chi connectivity index (χ4n) is 7.30. The summed E-state index contributed by atoms with van der Waals surface area (Å²) in [7, 11) is 0. The Morgan fingerprint density at radius 3 is 1.64 bits per heavy atom. The maximum Gasteiger partial charge on any atom is 0.227 e. The third-order valence-corrected chi connectivity index (χ3v) is 9.94. The number of para-hydroxylation sites is 3. The number of oxazole rings is 1. The van der Waals surface area contributed by atoms with Crippen LogP contribution in [0.3, 0.4) is 0 Å². The third-order valence-electron chi connectivity index (χ3n) is 9.94. The maximum atomic E-state index is 6.40. The van der Waals surface area contributed by atoms with E-state index in [4.69, 9.17) is 8.83 Å². The van der Waals surface area contributed by atoms with Crippen molar-refractivity contribution in [1.82, 2.24) is 4.98 Å². The SMILES string of the molecule is c1ccc(-c2ccc(N(c3ccccc3)c3ccc(-c4cccc5oc6ccc(-c7ccc(-c8nc9ccccc9o8)cc7)cc6c45)cc3)cc2)cc1. The molecule has 0 unspecified atom stereocenters. The Morgan fingerprint density at radius 1 is 0.358 bits per heavy atom. The van der Waals surface area contributed by atoms with Crippen molar-refractivity contribution in [2.75, 3.05) is 4.90 Å². The van der Waals surface area contributed by atoms with Gasteiger partial charge in [0, 0.05) is 33.4 Å². The molecule has 0 aliphatic rings. The van der Waals surface area contributed by atoms with Crippen LogP contribution in [0.1, 0.15) is 0 Å². The van der Waals surface area contributed by atoms with Gasteiger partial charge in [0.15, 0.2) is 5.58 Å². The van der Waals surface area contributed by atoms with E-state index in [1.807, 2.05) is 30.3 Å². The van der Waals surface area contributed by atoms with Gasteiger partial charge >= 0.3 is 0 Å². The highest BCUT2D eigenvalue weighted by molar-refractivity contribution is 6.13. The number of fused-ring (bicyclic) bond motifs is 4. The molecule has 10 aromatic rings. The molecule has 0 fully saturated rings. The van der Waals surface area contributed by atoms with Gasteiger partial charge in [0.05, 0.1) is 0 Å². The van der Waals surface area contributed by atoms with Crippen LogP contribution in [-0.2, 0) is 0 Å². The zero-order valence-corrected chi connectivity index (χ0v) is 28.7. The van der Waals surface area contributed by atoms with Crippen LogP contribution in [0.25, 0.3) is 77.9 Å². The van der Waals surface area contributed by atoms with Crippen molar-refractivity contribution in [2.45, 2.75) is 0 Å². The average molecular weight is 681 g/mol. The first kappa shape index (κ1) is 30.6. The van der Waals surface area contributed by atoms with Gasteiger partial charge in [-0.05, 0) is 112 Å². The lowest BCUT2D eigenvalue weighted by Crippen LogP contribution is -2.09. The molecule has 0 N–H and O–H groups in total. The fourth-order valence-corrected chi connectivity index (χ4v) is 7.30. The first-order valence-corrected chi connectivity index (χ1v) is 17.8. The molecule has 53 heavy (non-hydrogen) atoms. The number of hydrogen-bond acceptors (Lipinski definition) is 4. The van der Waals surface area contributed by atoms with E-state index in [0.717, 1.165) is 77.9 Å².